The van der Waals surface area contributed by atoms with Crippen LogP contribution in [0.25, 0.3) is 0 Å². The van der Waals surface area contributed by atoms with E-state index in [1.54, 1.807) is 31.1 Å². The number of hydrogen-bond donors (Lipinski definition) is 0. The van der Waals surface area contributed by atoms with E-state index in [1.165, 1.54) is 37.5 Å². The largest absolute Gasteiger partial charge is 0.456 e. The summed E-state index contributed by atoms with van der Waals surface area (Å²) in [5, 5.41) is 4.76. The van der Waals surface area contributed by atoms with Crippen LogP contribution in [0.4, 0.5) is 14.5 Å². The summed E-state index contributed by atoms with van der Waals surface area (Å²) >= 11 is 0. The highest BCUT2D eigenvalue weighted by atomic mass is 19.1. The van der Waals surface area contributed by atoms with Crippen LogP contribution in [0, 0.1) is 11.6 Å². The molecule has 1 amide bonds. The Morgan fingerprint density at radius 1 is 1.11 bits per heavy atom. The van der Waals surface area contributed by atoms with Crippen molar-refractivity contribution in [2.45, 2.75) is 0 Å². The summed E-state index contributed by atoms with van der Waals surface area (Å²) in [5.41, 5.74) is 0.218. The Balaban J connectivity index is 1.96. The molecule has 2 aromatic rings. The highest BCUT2D eigenvalue weighted by Crippen LogP contribution is 2.21. The third-order valence-corrected chi connectivity index (χ3v) is 3.59. The van der Waals surface area contributed by atoms with E-state index in [0.29, 0.717) is 0 Å². The molecule has 0 fully saturated rings. The van der Waals surface area contributed by atoms with Crippen molar-refractivity contribution in [3.05, 3.63) is 65.2 Å². The summed E-state index contributed by atoms with van der Waals surface area (Å²) in [4.78, 5) is 25.6. The van der Waals surface area contributed by atoms with Gasteiger partial charge in [-0.2, -0.15) is 5.10 Å². The Bertz CT molecular complexity index is 869. The molecule has 0 atom stereocenters. The van der Waals surface area contributed by atoms with Crippen LogP contribution in [-0.4, -0.2) is 50.8 Å². The normalized spacial score (nSPS) is 10.7. The van der Waals surface area contributed by atoms with Gasteiger partial charge in [-0.05, 0) is 30.3 Å². The van der Waals surface area contributed by atoms with Crippen LogP contribution in [0.15, 0.2) is 47.6 Å². The lowest BCUT2D eigenvalue weighted by atomic mass is 10.1. The third-order valence-electron chi connectivity index (χ3n) is 3.59. The summed E-state index contributed by atoms with van der Waals surface area (Å²) in [7, 11) is 4.69. The molecule has 0 aliphatic heterocycles. The van der Waals surface area contributed by atoms with Gasteiger partial charge in [0.05, 0.1) is 23.0 Å². The molecule has 0 aliphatic rings. The molecular weight excluding hydrogens is 356 g/mol. The van der Waals surface area contributed by atoms with E-state index in [4.69, 9.17) is 4.74 Å². The molecule has 2 aromatic carbocycles. The zero-order valence-corrected chi connectivity index (χ0v) is 15.1. The number of carbonyl (C=O) groups is 2. The quantitative estimate of drug-likeness (QED) is 0.442. The van der Waals surface area contributed by atoms with Gasteiger partial charge in [-0.25, -0.2) is 18.6 Å². The van der Waals surface area contributed by atoms with Gasteiger partial charge in [-0.3, -0.25) is 4.79 Å². The number of amides is 1. The van der Waals surface area contributed by atoms with Crippen LogP contribution < -0.4 is 4.90 Å². The Labute approximate surface area is 155 Å². The molecule has 0 spiro atoms. The minimum absolute atomic E-state index is 0.0652. The molecule has 0 saturated heterocycles. The summed E-state index contributed by atoms with van der Waals surface area (Å²) in [6.07, 6.45) is 1.18. The van der Waals surface area contributed by atoms with E-state index < -0.39 is 23.5 Å². The van der Waals surface area contributed by atoms with Crippen LogP contribution in [0.5, 0.6) is 0 Å². The summed E-state index contributed by atoms with van der Waals surface area (Å²) in [5.74, 6) is -2.57. The van der Waals surface area contributed by atoms with Crippen molar-refractivity contribution in [2.24, 2.45) is 5.10 Å². The van der Waals surface area contributed by atoms with Crippen LogP contribution in [-0.2, 0) is 4.74 Å². The second-order valence-corrected chi connectivity index (χ2v) is 5.77. The highest BCUT2D eigenvalue weighted by molar-refractivity contribution is 5.95. The second kappa shape index (κ2) is 8.88. The van der Waals surface area contributed by atoms with Crippen molar-refractivity contribution in [1.82, 2.24) is 5.01 Å². The van der Waals surface area contributed by atoms with Gasteiger partial charge in [0.15, 0.2) is 5.82 Å². The minimum Gasteiger partial charge on any atom is -0.456 e. The number of hydrogen-bond acceptors (Lipinski definition) is 5. The van der Waals surface area contributed by atoms with Crippen LogP contribution in [0.1, 0.15) is 20.7 Å². The number of esters is 1. The lowest BCUT2D eigenvalue weighted by molar-refractivity contribution is 0.0565. The molecule has 2 rings (SSSR count). The second-order valence-electron chi connectivity index (χ2n) is 5.77. The van der Waals surface area contributed by atoms with Crippen molar-refractivity contribution in [3.63, 3.8) is 0 Å². The van der Waals surface area contributed by atoms with E-state index in [0.717, 1.165) is 11.1 Å². The molecule has 6 nitrogen and oxygen atoms in total. The first-order chi connectivity index (χ1) is 12.8. The van der Waals surface area contributed by atoms with Gasteiger partial charge in [0.1, 0.15) is 12.4 Å². The van der Waals surface area contributed by atoms with Gasteiger partial charge in [0.2, 0.25) is 0 Å². The number of rotatable bonds is 6. The maximum absolute atomic E-state index is 14.4. The molecule has 0 radical (unpaired) electrons. The van der Waals surface area contributed by atoms with Gasteiger partial charge < -0.3 is 9.64 Å². The van der Waals surface area contributed by atoms with Gasteiger partial charge in [-0.15, -0.1) is 0 Å². The van der Waals surface area contributed by atoms with Gasteiger partial charge in [0.25, 0.3) is 5.91 Å². The number of carbonyl (C=O) groups excluding carboxylic acids is 2. The predicted octanol–water partition coefficient (Wildman–Crippen LogP) is 2.95. The average molecular weight is 375 g/mol. The maximum atomic E-state index is 14.4. The molecule has 8 heteroatoms. The van der Waals surface area contributed by atoms with E-state index in [9.17, 15) is 18.4 Å². The summed E-state index contributed by atoms with van der Waals surface area (Å²) in [6, 6.07) is 9.56. The van der Waals surface area contributed by atoms with Crippen molar-refractivity contribution >= 4 is 23.8 Å². The van der Waals surface area contributed by atoms with E-state index >= 15 is 0 Å². The molecule has 0 aromatic heterocycles. The molecular formula is C19H19F2N3O3. The topological polar surface area (TPSA) is 62.2 Å². The fraction of sp³-hybridized carbons (Fsp3) is 0.211. The molecule has 0 heterocycles. The standard InChI is InChI=1S/C19H19F2N3O3/c1-23(2)16-9-5-8-15(17(16)21)18(25)24(3)22-10-11-27-19(26)13-6-4-7-14(20)12-13/h4-10,12H,11H2,1-3H3. The zero-order valence-electron chi connectivity index (χ0n) is 15.1. The third kappa shape index (κ3) is 5.10. The molecule has 0 N–H and O–H groups in total. The number of halogens is 2. The number of benzene rings is 2. The highest BCUT2D eigenvalue weighted by Gasteiger charge is 2.18. The number of hydrazone groups is 1. The van der Waals surface area contributed by atoms with E-state index in [1.807, 2.05) is 0 Å². The molecule has 142 valence electrons. The van der Waals surface area contributed by atoms with E-state index in [2.05, 4.69) is 5.10 Å². The Morgan fingerprint density at radius 2 is 1.81 bits per heavy atom. The molecule has 0 aliphatic carbocycles. The van der Waals surface area contributed by atoms with E-state index in [-0.39, 0.29) is 23.4 Å². The monoisotopic (exact) mass is 375 g/mol. The fourth-order valence-electron chi connectivity index (χ4n) is 2.22. The predicted molar refractivity (Wildman–Crippen MR) is 98.0 cm³/mol. The fourth-order valence-corrected chi connectivity index (χ4v) is 2.22. The first-order valence-corrected chi connectivity index (χ1v) is 8.00. The number of anilines is 1. The maximum Gasteiger partial charge on any atom is 0.338 e. The Hall–Kier alpha value is -3.29. The van der Waals surface area contributed by atoms with Crippen LogP contribution >= 0.6 is 0 Å². The summed E-state index contributed by atoms with van der Waals surface area (Å²) < 4.78 is 32.4. The Morgan fingerprint density at radius 3 is 2.48 bits per heavy atom. The van der Waals surface area contributed by atoms with Crippen molar-refractivity contribution in [3.8, 4) is 0 Å². The van der Waals surface area contributed by atoms with Gasteiger partial charge in [-0.1, -0.05) is 12.1 Å². The smallest absolute Gasteiger partial charge is 0.338 e. The molecule has 0 unspecified atom stereocenters. The first-order valence-electron chi connectivity index (χ1n) is 8.00. The van der Waals surface area contributed by atoms with Crippen molar-refractivity contribution in [2.75, 3.05) is 32.6 Å². The van der Waals surface area contributed by atoms with Crippen LogP contribution in [0.3, 0.4) is 0 Å². The Kier molecular flexibility index (Phi) is 6.59. The number of nitrogens with zero attached hydrogens (tertiary/aromatic N) is 3. The van der Waals surface area contributed by atoms with Gasteiger partial charge >= 0.3 is 5.97 Å². The number of ether oxygens (including phenoxy) is 1. The zero-order chi connectivity index (χ0) is 20.0. The van der Waals surface area contributed by atoms with Crippen molar-refractivity contribution in [1.29, 1.82) is 0 Å². The lowest BCUT2D eigenvalue weighted by Gasteiger charge is -2.17. The lowest BCUT2D eigenvalue weighted by Crippen LogP contribution is -2.24. The average Bonchev–Trinajstić information content (AvgIpc) is 2.64. The van der Waals surface area contributed by atoms with Gasteiger partial charge in [0, 0.05) is 21.1 Å². The van der Waals surface area contributed by atoms with Crippen molar-refractivity contribution < 1.29 is 23.1 Å². The molecule has 0 bridgehead atoms. The van der Waals surface area contributed by atoms with Crippen LogP contribution in [0.2, 0.25) is 0 Å². The molecule has 0 saturated carbocycles. The summed E-state index contributed by atoms with van der Waals surface area (Å²) in [6.45, 7) is -0.229. The SMILES string of the molecule is CN(N=CCOC(=O)c1cccc(F)c1)C(=O)c1cccc(N(C)C)c1F. The first kappa shape index (κ1) is 20.0. The minimum atomic E-state index is -0.723. The molecule has 27 heavy (non-hydrogen) atoms.